The first-order chi connectivity index (χ1) is 10.2. The van der Waals surface area contributed by atoms with Gasteiger partial charge in [0, 0.05) is 24.3 Å². The third kappa shape index (κ3) is 3.81. The minimum atomic E-state index is -4.17. The molecule has 1 heterocycles. The molecule has 0 aromatic carbocycles. The maximum Gasteiger partial charge on any atom is 0.391 e. The lowest BCUT2D eigenvalue weighted by atomic mass is 9.85. The molecule has 4 nitrogen and oxygen atoms in total. The Morgan fingerprint density at radius 1 is 1.36 bits per heavy atom. The minimum Gasteiger partial charge on any atom is -0.353 e. The van der Waals surface area contributed by atoms with E-state index < -0.39 is 12.1 Å². The number of carbonyl (C=O) groups excluding carboxylic acids is 1. The number of carbonyl (C=O) groups is 1. The lowest BCUT2D eigenvalue weighted by Crippen LogP contribution is -2.42. The summed E-state index contributed by atoms with van der Waals surface area (Å²) >= 11 is 0. The number of nitrogens with zero attached hydrogens (tertiary/aromatic N) is 2. The van der Waals surface area contributed by atoms with Gasteiger partial charge in [0.2, 0.25) is 5.91 Å². The topological polar surface area (TPSA) is 46.9 Å². The van der Waals surface area contributed by atoms with Crippen molar-refractivity contribution in [1.82, 2.24) is 15.1 Å². The second kappa shape index (κ2) is 6.30. The number of rotatable bonds is 3. The second-order valence-electron chi connectivity index (χ2n) is 6.12. The van der Waals surface area contributed by atoms with Gasteiger partial charge in [0.15, 0.2) is 0 Å². The van der Waals surface area contributed by atoms with Crippen LogP contribution >= 0.6 is 0 Å². The fraction of sp³-hybridized carbons (Fsp3) is 0.733. The summed E-state index contributed by atoms with van der Waals surface area (Å²) in [5.41, 5.74) is 2.54. The molecular weight excluding hydrogens is 295 g/mol. The molecule has 124 valence electrons. The van der Waals surface area contributed by atoms with E-state index in [1.54, 1.807) is 11.7 Å². The summed E-state index contributed by atoms with van der Waals surface area (Å²) in [5.74, 6) is -1.53. The Morgan fingerprint density at radius 3 is 2.59 bits per heavy atom. The van der Waals surface area contributed by atoms with Gasteiger partial charge in [-0.2, -0.15) is 18.3 Å². The summed E-state index contributed by atoms with van der Waals surface area (Å²) in [6, 6.07) is -0.384. The van der Waals surface area contributed by atoms with Crippen molar-refractivity contribution in [3.8, 4) is 0 Å². The molecule has 0 saturated heterocycles. The molecule has 1 amide bonds. The van der Waals surface area contributed by atoms with E-state index in [4.69, 9.17) is 0 Å². The van der Waals surface area contributed by atoms with Gasteiger partial charge in [0.1, 0.15) is 0 Å². The highest BCUT2D eigenvalue weighted by molar-refractivity contribution is 5.79. The first-order valence-electron chi connectivity index (χ1n) is 7.53. The molecule has 1 fully saturated rings. The van der Waals surface area contributed by atoms with Crippen LogP contribution in [-0.2, 0) is 18.3 Å². The van der Waals surface area contributed by atoms with Crippen molar-refractivity contribution in [2.24, 2.45) is 13.0 Å². The summed E-state index contributed by atoms with van der Waals surface area (Å²) in [5, 5.41) is 7.00. The van der Waals surface area contributed by atoms with Crippen LogP contribution in [0.25, 0.3) is 0 Å². The molecule has 1 saturated carbocycles. The molecule has 0 bridgehead atoms. The number of alkyl halides is 3. The molecule has 0 spiro atoms. The van der Waals surface area contributed by atoms with E-state index in [1.165, 1.54) is 0 Å². The number of amides is 1. The van der Waals surface area contributed by atoms with Crippen LogP contribution in [0, 0.1) is 19.8 Å². The van der Waals surface area contributed by atoms with Gasteiger partial charge in [-0.25, -0.2) is 0 Å². The van der Waals surface area contributed by atoms with E-state index in [0.717, 1.165) is 17.0 Å². The highest BCUT2D eigenvalue weighted by Gasteiger charge is 2.42. The average molecular weight is 317 g/mol. The van der Waals surface area contributed by atoms with Gasteiger partial charge in [-0.05, 0) is 33.1 Å². The van der Waals surface area contributed by atoms with Crippen LogP contribution in [0.5, 0.6) is 0 Å². The molecule has 1 aliphatic rings. The molecule has 22 heavy (non-hydrogen) atoms. The van der Waals surface area contributed by atoms with Crippen molar-refractivity contribution in [2.45, 2.75) is 58.2 Å². The van der Waals surface area contributed by atoms with E-state index in [1.807, 2.05) is 13.8 Å². The predicted molar refractivity (Wildman–Crippen MR) is 76.3 cm³/mol. The fourth-order valence-electron chi connectivity index (χ4n) is 3.13. The van der Waals surface area contributed by atoms with Gasteiger partial charge in [0.25, 0.3) is 0 Å². The Hall–Kier alpha value is -1.53. The van der Waals surface area contributed by atoms with Crippen LogP contribution in [0.15, 0.2) is 0 Å². The van der Waals surface area contributed by atoms with Crippen molar-refractivity contribution in [3.63, 3.8) is 0 Å². The number of hydrogen-bond acceptors (Lipinski definition) is 2. The van der Waals surface area contributed by atoms with E-state index in [-0.39, 0.29) is 31.2 Å². The van der Waals surface area contributed by atoms with Crippen molar-refractivity contribution < 1.29 is 18.0 Å². The van der Waals surface area contributed by atoms with Crippen LogP contribution in [0.3, 0.4) is 0 Å². The molecule has 0 unspecified atom stereocenters. The Labute approximate surface area is 128 Å². The van der Waals surface area contributed by atoms with E-state index in [2.05, 4.69) is 10.4 Å². The van der Waals surface area contributed by atoms with Crippen LogP contribution in [0.1, 0.15) is 42.6 Å². The lowest BCUT2D eigenvalue weighted by molar-refractivity contribution is -0.184. The van der Waals surface area contributed by atoms with Gasteiger partial charge in [-0.15, -0.1) is 0 Å². The van der Waals surface area contributed by atoms with Gasteiger partial charge < -0.3 is 5.32 Å². The summed E-state index contributed by atoms with van der Waals surface area (Å²) in [6.45, 7) is 3.71. The first-order valence-corrected chi connectivity index (χ1v) is 7.53. The zero-order valence-electron chi connectivity index (χ0n) is 13.1. The van der Waals surface area contributed by atoms with E-state index in [9.17, 15) is 18.0 Å². The Bertz CT molecular complexity index is 551. The highest BCUT2D eigenvalue weighted by atomic mass is 19.4. The Balaban J connectivity index is 1.94. The van der Waals surface area contributed by atoms with Crippen LogP contribution in [0.2, 0.25) is 0 Å². The number of aromatic nitrogens is 2. The molecule has 7 heteroatoms. The highest BCUT2D eigenvalue weighted by Crippen LogP contribution is 2.37. The zero-order valence-corrected chi connectivity index (χ0v) is 13.1. The molecule has 0 aliphatic heterocycles. The molecule has 1 aromatic rings. The Morgan fingerprint density at radius 2 is 2.05 bits per heavy atom. The quantitative estimate of drug-likeness (QED) is 0.932. The van der Waals surface area contributed by atoms with Gasteiger partial charge in [-0.1, -0.05) is 6.42 Å². The fourth-order valence-corrected chi connectivity index (χ4v) is 3.13. The first kappa shape index (κ1) is 16.8. The summed E-state index contributed by atoms with van der Waals surface area (Å²) < 4.78 is 40.1. The molecule has 2 atom stereocenters. The van der Waals surface area contributed by atoms with Crippen LogP contribution in [-0.4, -0.2) is 27.9 Å². The predicted octanol–water partition coefficient (Wildman–Crippen LogP) is 2.82. The standard InChI is InChI=1S/C15H22F3N3O/c1-9-13(10(2)21(3)20-9)8-14(22)19-12-6-4-5-11(7-12)15(16,17)18/h11-12H,4-8H2,1-3H3,(H,19,22)/t11-,12-/m0/s1. The van der Waals surface area contributed by atoms with Gasteiger partial charge in [-0.3, -0.25) is 9.48 Å². The molecule has 1 aliphatic carbocycles. The second-order valence-corrected chi connectivity index (χ2v) is 6.12. The van der Waals surface area contributed by atoms with Gasteiger partial charge in [0.05, 0.1) is 18.0 Å². The monoisotopic (exact) mass is 317 g/mol. The lowest BCUT2D eigenvalue weighted by Gasteiger charge is -2.31. The molecule has 1 aromatic heterocycles. The van der Waals surface area contributed by atoms with Gasteiger partial charge >= 0.3 is 6.18 Å². The van der Waals surface area contributed by atoms with E-state index in [0.29, 0.717) is 12.8 Å². The van der Waals surface area contributed by atoms with Crippen LogP contribution in [0.4, 0.5) is 13.2 Å². The van der Waals surface area contributed by atoms with Crippen molar-refractivity contribution in [2.75, 3.05) is 0 Å². The third-order valence-electron chi connectivity index (χ3n) is 4.50. The van der Waals surface area contributed by atoms with Crippen molar-refractivity contribution in [1.29, 1.82) is 0 Å². The van der Waals surface area contributed by atoms with E-state index >= 15 is 0 Å². The minimum absolute atomic E-state index is 0.0136. The summed E-state index contributed by atoms with van der Waals surface area (Å²) in [7, 11) is 1.80. The number of aryl methyl sites for hydroxylation is 2. The SMILES string of the molecule is Cc1nn(C)c(C)c1CC(=O)N[C@H]1CCC[C@H](C(F)(F)F)C1. The molecule has 1 N–H and O–H groups in total. The maximum atomic E-state index is 12.8. The van der Waals surface area contributed by atoms with Crippen molar-refractivity contribution >= 4 is 5.91 Å². The zero-order chi connectivity index (χ0) is 16.5. The maximum absolute atomic E-state index is 12.8. The van der Waals surface area contributed by atoms with Crippen molar-refractivity contribution in [3.05, 3.63) is 17.0 Å². The summed E-state index contributed by atoms with van der Waals surface area (Å²) in [6.07, 6.45) is -2.74. The Kier molecular flexibility index (Phi) is 4.82. The largest absolute Gasteiger partial charge is 0.391 e. The third-order valence-corrected chi connectivity index (χ3v) is 4.50. The molecular formula is C15H22F3N3O. The molecule has 2 rings (SSSR count). The van der Waals surface area contributed by atoms with Crippen LogP contribution < -0.4 is 5.32 Å². The number of hydrogen-bond donors (Lipinski definition) is 1. The molecule has 0 radical (unpaired) electrons. The smallest absolute Gasteiger partial charge is 0.353 e. The normalized spacial score (nSPS) is 22.6. The average Bonchev–Trinajstić information content (AvgIpc) is 2.65. The number of halogens is 3. The summed E-state index contributed by atoms with van der Waals surface area (Å²) in [4.78, 5) is 12.1. The number of nitrogens with one attached hydrogen (secondary N) is 1.